The first-order valence-corrected chi connectivity index (χ1v) is 4.67. The van der Waals surface area contributed by atoms with Crippen LogP contribution in [0.25, 0.3) is 0 Å². The zero-order chi connectivity index (χ0) is 8.10. The average molecular weight is 347 g/mol. The predicted octanol–water partition coefficient (Wildman–Crippen LogP) is -5.34. The first-order chi connectivity index (χ1) is 5.36. The smallest absolute Gasteiger partial charge is 1.00 e. The fourth-order valence-electron chi connectivity index (χ4n) is 1.48. The van der Waals surface area contributed by atoms with Gasteiger partial charge in [0.25, 0.3) is 0 Å². The third kappa shape index (κ3) is 10.1. The average Bonchev–Trinajstić information content (AvgIpc) is 2.38. The quantitative estimate of drug-likeness (QED) is 0.446. The summed E-state index contributed by atoms with van der Waals surface area (Å²) in [4.78, 5) is 0. The molecule has 0 aromatic rings. The van der Waals surface area contributed by atoms with Gasteiger partial charge in [0.05, 0.1) is 0 Å². The minimum Gasteiger partial charge on any atom is -1.00 e. The second-order valence-corrected chi connectivity index (χ2v) is 3.16. The van der Waals surface area contributed by atoms with Crippen molar-refractivity contribution in [1.82, 2.24) is 0 Å². The second-order valence-electron chi connectivity index (χ2n) is 3.16. The van der Waals surface area contributed by atoms with E-state index in [9.17, 15) is 0 Å². The second kappa shape index (κ2) is 15.2. The van der Waals surface area contributed by atoms with Crippen LogP contribution in [0.3, 0.4) is 0 Å². The van der Waals surface area contributed by atoms with Crippen LogP contribution in [0.15, 0.2) is 17.2 Å². The number of halogens is 3. The van der Waals surface area contributed by atoms with Gasteiger partial charge < -0.3 is 37.2 Å². The summed E-state index contributed by atoms with van der Waals surface area (Å²) in [5.74, 6) is 0. The first-order valence-electron chi connectivity index (χ1n) is 4.67. The van der Waals surface area contributed by atoms with Crippen molar-refractivity contribution >= 4 is 0 Å². The van der Waals surface area contributed by atoms with Crippen LogP contribution in [0.5, 0.6) is 0 Å². The molecule has 0 nitrogen and oxygen atoms in total. The van der Waals surface area contributed by atoms with Crippen LogP contribution in [0.1, 0.15) is 46.0 Å². The maximum atomic E-state index is 3.47. The standard InChI is InChI=1S/C11H17.3ClH.Zr/c1-3-5-10-7-8-11(9-10)6-4-2;;;;/h7H,3-6,8H2,1-2H3;3*1H;/q-1;;;;+4/p-3. The van der Waals surface area contributed by atoms with E-state index in [1.54, 1.807) is 0 Å². The van der Waals surface area contributed by atoms with E-state index in [1.165, 1.54) is 43.3 Å². The molecule has 0 aliphatic heterocycles. The molecule has 0 amide bonds. The van der Waals surface area contributed by atoms with E-state index >= 15 is 0 Å². The Kier molecular flexibility index (Phi) is 25.6. The van der Waals surface area contributed by atoms with Gasteiger partial charge in [-0.1, -0.05) is 46.0 Å². The molecule has 1 aliphatic carbocycles. The van der Waals surface area contributed by atoms with Crippen molar-refractivity contribution in [3.63, 3.8) is 0 Å². The van der Waals surface area contributed by atoms with Gasteiger partial charge >= 0.3 is 26.2 Å². The summed E-state index contributed by atoms with van der Waals surface area (Å²) in [6.45, 7) is 4.45. The summed E-state index contributed by atoms with van der Waals surface area (Å²) >= 11 is 0. The van der Waals surface area contributed by atoms with Crippen LogP contribution in [0.2, 0.25) is 0 Å². The number of rotatable bonds is 4. The Morgan fingerprint density at radius 3 is 2.07 bits per heavy atom. The van der Waals surface area contributed by atoms with Crippen LogP contribution in [0, 0.1) is 6.08 Å². The molecule has 1 rings (SSSR count). The van der Waals surface area contributed by atoms with Gasteiger partial charge in [-0.15, -0.1) is 0 Å². The maximum absolute atomic E-state index is 3.47. The van der Waals surface area contributed by atoms with Crippen molar-refractivity contribution in [2.45, 2.75) is 46.0 Å². The van der Waals surface area contributed by atoms with Crippen LogP contribution in [0.4, 0.5) is 0 Å². The maximum Gasteiger partial charge on any atom is 4.00 e. The fourth-order valence-corrected chi connectivity index (χ4v) is 1.48. The van der Waals surface area contributed by atoms with Crippen LogP contribution < -0.4 is 37.2 Å². The van der Waals surface area contributed by atoms with Crippen LogP contribution in [-0.4, -0.2) is 0 Å². The Morgan fingerprint density at radius 1 is 1.07 bits per heavy atom. The van der Waals surface area contributed by atoms with Gasteiger partial charge in [-0.25, -0.2) is 17.7 Å². The Hall–Kier alpha value is 1.23. The van der Waals surface area contributed by atoms with Crippen molar-refractivity contribution in [2.24, 2.45) is 0 Å². The Balaban J connectivity index is -0.000000151. The molecule has 0 spiro atoms. The first kappa shape index (κ1) is 25.2. The number of allylic oxidation sites excluding steroid dienone is 4. The summed E-state index contributed by atoms with van der Waals surface area (Å²) in [7, 11) is 0. The van der Waals surface area contributed by atoms with E-state index in [1.807, 2.05) is 0 Å². The Bertz CT molecular complexity index is 188. The summed E-state index contributed by atoms with van der Waals surface area (Å²) in [6.07, 6.45) is 11.9. The van der Waals surface area contributed by atoms with E-state index in [2.05, 4.69) is 26.0 Å². The van der Waals surface area contributed by atoms with E-state index in [-0.39, 0.29) is 63.4 Å². The van der Waals surface area contributed by atoms with Gasteiger partial charge in [-0.2, -0.15) is 5.57 Å². The minimum absolute atomic E-state index is 0. The number of hydrogen-bond acceptors (Lipinski definition) is 0. The van der Waals surface area contributed by atoms with Crippen molar-refractivity contribution in [1.29, 1.82) is 0 Å². The topological polar surface area (TPSA) is 0 Å². The van der Waals surface area contributed by atoms with Crippen molar-refractivity contribution in [2.75, 3.05) is 0 Å². The monoisotopic (exact) mass is 344 g/mol. The predicted molar refractivity (Wildman–Crippen MR) is 49.3 cm³/mol. The summed E-state index contributed by atoms with van der Waals surface area (Å²) in [5.41, 5.74) is 2.95. The molecule has 0 radical (unpaired) electrons. The molecular weight excluding hydrogens is 330 g/mol. The molecule has 4 heteroatoms. The summed E-state index contributed by atoms with van der Waals surface area (Å²) in [6, 6.07) is 0. The van der Waals surface area contributed by atoms with Gasteiger partial charge in [-0.3, -0.25) is 0 Å². The molecule has 0 bridgehead atoms. The van der Waals surface area contributed by atoms with E-state index < -0.39 is 0 Å². The molecule has 0 aromatic heterocycles. The van der Waals surface area contributed by atoms with Crippen LogP contribution in [-0.2, 0) is 26.2 Å². The van der Waals surface area contributed by atoms with Gasteiger partial charge in [0, 0.05) is 0 Å². The largest absolute Gasteiger partial charge is 4.00 e. The number of hydrogen-bond donors (Lipinski definition) is 0. The fraction of sp³-hybridized carbons (Fsp3) is 0.636. The van der Waals surface area contributed by atoms with Gasteiger partial charge in [0.2, 0.25) is 0 Å². The van der Waals surface area contributed by atoms with Crippen LogP contribution >= 0.6 is 0 Å². The van der Waals surface area contributed by atoms with E-state index in [0.717, 1.165) is 0 Å². The molecule has 0 aromatic carbocycles. The SMILES string of the molecule is CCCC1=[C-]C(CCC)=CC1.[Cl-].[Cl-].[Cl-].[Zr+4]. The normalized spacial score (nSPS) is 12.1. The molecule has 0 saturated carbocycles. The zero-order valence-corrected chi connectivity index (χ0v) is 14.0. The molecule has 0 heterocycles. The van der Waals surface area contributed by atoms with Gasteiger partial charge in [0.1, 0.15) is 0 Å². The van der Waals surface area contributed by atoms with E-state index in [0.29, 0.717) is 0 Å². The van der Waals surface area contributed by atoms with Gasteiger partial charge in [0.15, 0.2) is 0 Å². The van der Waals surface area contributed by atoms with Crippen molar-refractivity contribution < 1.29 is 63.4 Å². The van der Waals surface area contributed by atoms with Crippen molar-refractivity contribution in [3.05, 3.63) is 23.3 Å². The summed E-state index contributed by atoms with van der Waals surface area (Å²) in [5, 5.41) is 0. The third-order valence-electron chi connectivity index (χ3n) is 2.00. The molecule has 0 fully saturated rings. The molecule has 0 atom stereocenters. The van der Waals surface area contributed by atoms with Gasteiger partial charge in [-0.05, 0) is 0 Å². The molecular formula is C11H17Cl3Zr. The molecule has 0 saturated heterocycles. The third-order valence-corrected chi connectivity index (χ3v) is 2.00. The van der Waals surface area contributed by atoms with Crippen molar-refractivity contribution in [3.8, 4) is 0 Å². The molecule has 0 unspecified atom stereocenters. The molecule has 0 N–H and O–H groups in total. The molecule has 15 heavy (non-hydrogen) atoms. The van der Waals surface area contributed by atoms with E-state index in [4.69, 9.17) is 0 Å². The molecule has 86 valence electrons. The minimum atomic E-state index is 0. The summed E-state index contributed by atoms with van der Waals surface area (Å²) < 4.78 is 0. The zero-order valence-electron chi connectivity index (χ0n) is 9.25. The molecule has 1 aliphatic rings. The Morgan fingerprint density at radius 2 is 1.60 bits per heavy atom. The Labute approximate surface area is 132 Å².